The molecule has 0 aliphatic carbocycles. The average molecular weight is 758 g/mol. The Bertz CT molecular complexity index is 1580. The van der Waals surface area contributed by atoms with E-state index in [4.69, 9.17) is 59.2 Å². The topological polar surface area (TPSA) is 217 Å². The summed E-state index contributed by atoms with van der Waals surface area (Å²) in [6.45, 7) is 7.21. The van der Waals surface area contributed by atoms with Crippen molar-refractivity contribution < 1.29 is 68.3 Å². The Labute approximate surface area is 323 Å². The van der Waals surface area contributed by atoms with Crippen LogP contribution in [0.15, 0.2) is 24.8 Å². The minimum absolute atomic E-state index is 0. The number of carbonyl (C=O) groups is 2. The van der Waals surface area contributed by atoms with Crippen LogP contribution in [0.1, 0.15) is 58.3 Å². The van der Waals surface area contributed by atoms with E-state index in [0.717, 1.165) is 23.8 Å². The van der Waals surface area contributed by atoms with E-state index in [1.165, 1.54) is 33.7 Å². The first-order valence-electron chi connectivity index (χ1n) is 12.4. The van der Waals surface area contributed by atoms with Crippen molar-refractivity contribution in [1.29, 1.82) is 0 Å². The Morgan fingerprint density at radius 3 is 1.31 bits per heavy atom. The summed E-state index contributed by atoms with van der Waals surface area (Å²) in [5.74, 6) is -0.771. The third-order valence-electron chi connectivity index (χ3n) is 4.77. The summed E-state index contributed by atoms with van der Waals surface area (Å²) < 4.78 is 19.1. The quantitative estimate of drug-likeness (QED) is 0.133. The number of carbonyl (C=O) groups excluding carboxylic acids is 1. The van der Waals surface area contributed by atoms with Gasteiger partial charge in [0.25, 0.3) is 0 Å². The van der Waals surface area contributed by atoms with Gasteiger partial charge in [-0.3, -0.25) is 0 Å². The fourth-order valence-corrected chi connectivity index (χ4v) is 3.00. The minimum atomic E-state index is -1.16. The smallest absolute Gasteiger partial charge is 0.857 e. The number of carboxylic acids is 1. The van der Waals surface area contributed by atoms with Gasteiger partial charge >= 0.3 is 41.5 Å². The molecule has 0 aliphatic heterocycles. The van der Waals surface area contributed by atoms with Crippen LogP contribution in [0.3, 0.4) is 0 Å². The SMILES string of the molecule is C.C.COC(=O)c1ncc(C)c(OC)n1.COc1nc(C(=O)O)ncc1C.COc1nc(Cl)ncc1C.C[O-].Cc1cnc(Cl)nc1Cl.[Na+]. The second-order valence-corrected chi connectivity index (χ2v) is 9.05. The molecular weight excluding hydrogens is 718 g/mol. The molecular formula is C29H40Cl3N8NaO8. The van der Waals surface area contributed by atoms with Crippen LogP contribution < -0.4 is 48.9 Å². The standard InChI is InChI=1S/C8H10N2O3.C7H8N2O3.C6H7ClN2O.C5H4Cl2N2.CH3O.2CH4.Na/c1-5-4-9-6(8(11)13-3)10-7(5)12-2;1-4-3-8-5(7(10)11)9-6(4)12-2;1-4-3-8-6(7)9-5(4)10-2;1-3-2-8-5(7)9-4(3)6;1-2;;;/h4H,1-3H3;3H,1-2H3,(H,10,11);3H,1-2H3;2H,1H3;1H3;2*1H4;/q;;;;-1;;;+1. The second-order valence-electron chi connectivity index (χ2n) is 8.01. The van der Waals surface area contributed by atoms with E-state index in [2.05, 4.69) is 44.6 Å². The van der Waals surface area contributed by atoms with Crippen molar-refractivity contribution >= 4 is 46.7 Å². The third kappa shape index (κ3) is 19.3. The molecule has 0 aliphatic rings. The van der Waals surface area contributed by atoms with Crippen LogP contribution in [0.25, 0.3) is 0 Å². The molecule has 266 valence electrons. The maximum absolute atomic E-state index is 11.0. The molecule has 0 aromatic carbocycles. The van der Waals surface area contributed by atoms with Crippen molar-refractivity contribution in [3.05, 3.63) is 74.4 Å². The Morgan fingerprint density at radius 2 is 0.959 bits per heavy atom. The van der Waals surface area contributed by atoms with E-state index in [1.54, 1.807) is 33.4 Å². The third-order valence-corrected chi connectivity index (χ3v) is 5.51. The molecule has 0 saturated heterocycles. The predicted octanol–water partition coefficient (Wildman–Crippen LogP) is 1.86. The minimum Gasteiger partial charge on any atom is -0.857 e. The number of hydrogen-bond acceptors (Lipinski definition) is 15. The van der Waals surface area contributed by atoms with Crippen molar-refractivity contribution in [1.82, 2.24) is 39.9 Å². The molecule has 49 heavy (non-hydrogen) atoms. The zero-order valence-corrected chi connectivity index (χ0v) is 31.6. The zero-order chi connectivity index (χ0) is 35.4. The number of aryl methyl sites for hydroxylation is 4. The number of hydrogen-bond donors (Lipinski definition) is 1. The first kappa shape index (κ1) is 52.3. The van der Waals surface area contributed by atoms with Gasteiger partial charge in [0.1, 0.15) is 5.15 Å². The van der Waals surface area contributed by atoms with Gasteiger partial charge in [-0.25, -0.2) is 34.5 Å². The molecule has 0 fully saturated rings. The summed E-state index contributed by atoms with van der Waals surface area (Å²) in [5, 5.41) is 17.6. The summed E-state index contributed by atoms with van der Waals surface area (Å²) >= 11 is 16.5. The van der Waals surface area contributed by atoms with Crippen molar-refractivity contribution in [2.24, 2.45) is 0 Å². The van der Waals surface area contributed by atoms with Crippen LogP contribution >= 0.6 is 34.8 Å². The number of nitrogens with zero attached hydrogens (tertiary/aromatic N) is 8. The average Bonchev–Trinajstić information content (AvgIpc) is 3.05. The van der Waals surface area contributed by atoms with Crippen LogP contribution in [0.2, 0.25) is 15.7 Å². The fourth-order valence-electron chi connectivity index (χ4n) is 2.57. The van der Waals surface area contributed by atoms with Crippen molar-refractivity contribution in [3.8, 4) is 17.6 Å². The van der Waals surface area contributed by atoms with Gasteiger partial charge < -0.3 is 29.2 Å². The molecule has 0 bridgehead atoms. The molecule has 0 unspecified atom stereocenters. The van der Waals surface area contributed by atoms with Gasteiger partial charge in [-0.1, -0.05) is 26.5 Å². The van der Waals surface area contributed by atoms with Crippen LogP contribution in [-0.2, 0) is 4.74 Å². The van der Waals surface area contributed by atoms with E-state index < -0.39 is 11.9 Å². The molecule has 4 aromatic rings. The summed E-state index contributed by atoms with van der Waals surface area (Å²) in [6, 6.07) is 0. The largest absolute Gasteiger partial charge is 1.00 e. The van der Waals surface area contributed by atoms with Gasteiger partial charge in [-0.2, -0.15) is 22.1 Å². The second kappa shape index (κ2) is 28.3. The number of aromatic carboxylic acids is 1. The van der Waals surface area contributed by atoms with Gasteiger partial charge in [-0.15, -0.1) is 0 Å². The Balaban J connectivity index is -0.000000267. The molecule has 20 heteroatoms. The predicted molar refractivity (Wildman–Crippen MR) is 179 cm³/mol. The van der Waals surface area contributed by atoms with Crippen LogP contribution in [-0.4, -0.2) is 92.5 Å². The molecule has 0 saturated carbocycles. The van der Waals surface area contributed by atoms with E-state index in [1.807, 2.05) is 13.8 Å². The summed E-state index contributed by atoms with van der Waals surface area (Å²) in [5.41, 5.74) is 3.20. The summed E-state index contributed by atoms with van der Waals surface area (Å²) in [4.78, 5) is 51.3. The van der Waals surface area contributed by atoms with Crippen LogP contribution in [0.4, 0.5) is 0 Å². The monoisotopic (exact) mass is 756 g/mol. The van der Waals surface area contributed by atoms with E-state index in [0.29, 0.717) is 28.4 Å². The molecule has 0 radical (unpaired) electrons. The summed E-state index contributed by atoms with van der Waals surface area (Å²) in [6.07, 6.45) is 6.12. The van der Waals surface area contributed by atoms with Gasteiger partial charge in [0.05, 0.1) is 28.4 Å². The van der Waals surface area contributed by atoms with Crippen LogP contribution in [0, 0.1) is 27.7 Å². The van der Waals surface area contributed by atoms with Gasteiger partial charge in [0, 0.05) is 47.0 Å². The number of aromatic nitrogens is 8. The maximum Gasteiger partial charge on any atom is 1.00 e. The van der Waals surface area contributed by atoms with E-state index in [9.17, 15) is 9.59 Å². The number of rotatable bonds is 5. The number of halogens is 3. The van der Waals surface area contributed by atoms with Crippen molar-refractivity contribution in [3.63, 3.8) is 0 Å². The molecule has 4 aromatic heterocycles. The van der Waals surface area contributed by atoms with Gasteiger partial charge in [0.15, 0.2) is 0 Å². The van der Waals surface area contributed by atoms with Gasteiger partial charge in [-0.05, 0) is 50.9 Å². The molecule has 0 amide bonds. The van der Waals surface area contributed by atoms with Crippen LogP contribution in [0.5, 0.6) is 17.6 Å². The molecule has 1 N–H and O–H groups in total. The van der Waals surface area contributed by atoms with E-state index in [-0.39, 0.29) is 66.6 Å². The first-order chi connectivity index (χ1) is 21.8. The molecule has 0 atom stereocenters. The number of methoxy groups -OCH3 is 4. The fraction of sp³-hybridized carbons (Fsp3) is 0.379. The molecule has 16 nitrogen and oxygen atoms in total. The van der Waals surface area contributed by atoms with E-state index >= 15 is 0 Å². The first-order valence-corrected chi connectivity index (χ1v) is 13.6. The number of carboxylic acid groups (broad SMARTS) is 1. The van der Waals surface area contributed by atoms with Gasteiger partial charge in [0.2, 0.25) is 39.9 Å². The van der Waals surface area contributed by atoms with Crippen molar-refractivity contribution in [2.45, 2.75) is 42.5 Å². The Hall–Kier alpha value is -3.51. The number of esters is 1. The zero-order valence-electron chi connectivity index (χ0n) is 27.3. The normalized spacial score (nSPS) is 8.67. The molecule has 0 spiro atoms. The Morgan fingerprint density at radius 1 is 0.612 bits per heavy atom. The molecule has 4 rings (SSSR count). The summed E-state index contributed by atoms with van der Waals surface area (Å²) in [7, 11) is 6.49. The Kier molecular flexibility index (Phi) is 30.3. The molecule has 4 heterocycles. The maximum atomic E-state index is 11.0. The van der Waals surface area contributed by atoms with Crippen molar-refractivity contribution in [2.75, 3.05) is 35.5 Å². The number of ether oxygens (including phenoxy) is 4.